The molecular formula is C35H64O4. The number of methoxy groups -OCH3 is 1. The van der Waals surface area contributed by atoms with Gasteiger partial charge in [0.2, 0.25) is 0 Å². The zero-order valence-corrected chi connectivity index (χ0v) is 27.9. The van der Waals surface area contributed by atoms with Crippen LogP contribution in [-0.4, -0.2) is 29.2 Å². The highest BCUT2D eigenvalue weighted by Crippen LogP contribution is 2.28. The Morgan fingerprint density at radius 3 is 1.46 bits per heavy atom. The standard InChI is InChI=1S/C27H40O2.C2H6O2.3C2H6/c1-20(2)10-7-11-21(3)12-8-13-22(4)14-9-15-23(5)16-17-25-19-26(28)18-24(6)27(25)29;1-4-2-3;3*1-2/h10,12,14,16,18-19,28-29H,7-9,11,13,15,17H2,1-6H3;3H,2H2,1H3;3*1-2H3/b21-12+,22-14+,23-16+;;;;. The average molecular weight is 549 g/mol. The number of hydrogen-bond acceptors (Lipinski definition) is 4. The van der Waals surface area contributed by atoms with Gasteiger partial charge >= 0.3 is 0 Å². The van der Waals surface area contributed by atoms with E-state index in [-0.39, 0.29) is 18.3 Å². The highest BCUT2D eigenvalue weighted by Gasteiger charge is 2.05. The van der Waals surface area contributed by atoms with E-state index in [1.54, 1.807) is 12.1 Å². The quantitative estimate of drug-likeness (QED) is 0.138. The third kappa shape index (κ3) is 28.5. The van der Waals surface area contributed by atoms with E-state index in [9.17, 15) is 10.2 Å². The third-order valence-electron chi connectivity index (χ3n) is 5.32. The van der Waals surface area contributed by atoms with Crippen molar-refractivity contribution in [1.82, 2.24) is 0 Å². The molecule has 3 N–H and O–H groups in total. The van der Waals surface area contributed by atoms with Crippen molar-refractivity contribution in [1.29, 1.82) is 0 Å². The Labute approximate surface area is 243 Å². The minimum absolute atomic E-state index is 0.181. The van der Waals surface area contributed by atoms with Crippen LogP contribution in [0.25, 0.3) is 0 Å². The van der Waals surface area contributed by atoms with E-state index in [0.29, 0.717) is 12.0 Å². The van der Waals surface area contributed by atoms with Gasteiger partial charge in [0.15, 0.2) is 0 Å². The van der Waals surface area contributed by atoms with Crippen molar-refractivity contribution in [3.05, 3.63) is 69.9 Å². The smallest absolute Gasteiger partial charge is 0.143 e. The lowest BCUT2D eigenvalue weighted by Gasteiger charge is -2.07. The number of rotatable bonds is 12. The number of benzene rings is 1. The van der Waals surface area contributed by atoms with E-state index in [0.717, 1.165) is 44.1 Å². The second kappa shape index (κ2) is 31.9. The number of aromatic hydroxyl groups is 2. The van der Waals surface area contributed by atoms with Crippen LogP contribution in [-0.2, 0) is 11.2 Å². The highest BCUT2D eigenvalue weighted by atomic mass is 16.6. The largest absolute Gasteiger partial charge is 0.508 e. The van der Waals surface area contributed by atoms with Crippen LogP contribution in [0.1, 0.15) is 126 Å². The zero-order valence-electron chi connectivity index (χ0n) is 27.9. The molecule has 1 aromatic rings. The minimum atomic E-state index is -0.181. The SMILES string of the molecule is CC.CC.CC.CC(C)=CCC/C(C)=C/CC/C(C)=C/CC/C(C)=C/Cc1cc(O)cc(C)c1O.COCO. The molecular weight excluding hydrogens is 484 g/mol. The minimum Gasteiger partial charge on any atom is -0.508 e. The molecule has 0 bridgehead atoms. The van der Waals surface area contributed by atoms with E-state index < -0.39 is 0 Å². The second-order valence-electron chi connectivity index (χ2n) is 8.94. The molecule has 0 saturated carbocycles. The number of allylic oxidation sites excluding steroid dienone is 8. The number of hydrogen-bond donors (Lipinski definition) is 3. The number of aliphatic hydroxyl groups is 1. The zero-order chi connectivity index (χ0) is 31.2. The van der Waals surface area contributed by atoms with Gasteiger partial charge in [-0.3, -0.25) is 0 Å². The first-order valence-corrected chi connectivity index (χ1v) is 14.8. The number of phenols is 2. The van der Waals surface area contributed by atoms with Crippen molar-refractivity contribution in [3.8, 4) is 11.5 Å². The predicted molar refractivity (Wildman–Crippen MR) is 175 cm³/mol. The molecule has 1 aromatic carbocycles. The van der Waals surface area contributed by atoms with Crippen molar-refractivity contribution in [2.45, 2.75) is 128 Å². The molecule has 0 radical (unpaired) electrons. The third-order valence-corrected chi connectivity index (χ3v) is 5.32. The maximum atomic E-state index is 10.1. The second-order valence-corrected chi connectivity index (χ2v) is 8.94. The molecule has 0 heterocycles. The molecule has 0 atom stereocenters. The molecule has 0 amide bonds. The molecule has 39 heavy (non-hydrogen) atoms. The number of ether oxygens (including phenoxy) is 1. The summed E-state index contributed by atoms with van der Waals surface area (Å²) >= 11 is 0. The molecule has 0 aliphatic rings. The van der Waals surface area contributed by atoms with E-state index in [1.807, 2.05) is 48.5 Å². The molecule has 0 aliphatic heterocycles. The lowest BCUT2D eigenvalue weighted by molar-refractivity contribution is 0.0325. The molecule has 0 aromatic heterocycles. The first-order chi connectivity index (χ1) is 18.6. The van der Waals surface area contributed by atoms with Gasteiger partial charge in [-0.25, -0.2) is 0 Å². The van der Waals surface area contributed by atoms with Gasteiger partial charge < -0.3 is 20.1 Å². The average Bonchev–Trinajstić information content (AvgIpc) is 2.93. The molecule has 0 unspecified atom stereocenters. The van der Waals surface area contributed by atoms with Gasteiger partial charge in [0.05, 0.1) is 0 Å². The van der Waals surface area contributed by atoms with Crippen LogP contribution in [0.3, 0.4) is 0 Å². The van der Waals surface area contributed by atoms with E-state index >= 15 is 0 Å². The maximum absolute atomic E-state index is 10.1. The fraction of sp³-hybridized carbons (Fsp3) is 0.600. The molecule has 4 nitrogen and oxygen atoms in total. The summed E-state index contributed by atoms with van der Waals surface area (Å²) in [5.41, 5.74) is 7.14. The van der Waals surface area contributed by atoms with Gasteiger partial charge in [0, 0.05) is 12.7 Å². The summed E-state index contributed by atoms with van der Waals surface area (Å²) < 4.78 is 4.10. The van der Waals surface area contributed by atoms with Crippen LogP contribution < -0.4 is 0 Å². The highest BCUT2D eigenvalue weighted by molar-refractivity contribution is 5.46. The first kappa shape index (κ1) is 43.7. The Balaban J connectivity index is -0.000000537. The van der Waals surface area contributed by atoms with Gasteiger partial charge in [0.25, 0.3) is 0 Å². The summed E-state index contributed by atoms with van der Waals surface area (Å²) in [5.74, 6) is 0.493. The van der Waals surface area contributed by atoms with Crippen LogP contribution in [0, 0.1) is 6.92 Å². The summed E-state index contributed by atoms with van der Waals surface area (Å²) in [6, 6.07) is 3.23. The van der Waals surface area contributed by atoms with Gasteiger partial charge in [0.1, 0.15) is 18.3 Å². The van der Waals surface area contributed by atoms with Crippen LogP contribution >= 0.6 is 0 Å². The summed E-state index contributed by atoms with van der Waals surface area (Å²) in [6.45, 7) is 24.5. The van der Waals surface area contributed by atoms with Crippen molar-refractivity contribution in [2.24, 2.45) is 0 Å². The normalized spacial score (nSPS) is 10.9. The first-order valence-electron chi connectivity index (χ1n) is 14.8. The Bertz CT molecular complexity index is 808. The summed E-state index contributed by atoms with van der Waals surface area (Å²) in [6.07, 6.45) is 16.4. The Hall–Kier alpha value is -2.30. The van der Waals surface area contributed by atoms with Crippen molar-refractivity contribution < 1.29 is 20.1 Å². The molecule has 0 fully saturated rings. The molecule has 4 heteroatoms. The molecule has 0 spiro atoms. The molecule has 0 saturated heterocycles. The Kier molecular flexibility index (Phi) is 35.8. The fourth-order valence-corrected chi connectivity index (χ4v) is 3.26. The van der Waals surface area contributed by atoms with Crippen LogP contribution in [0.2, 0.25) is 0 Å². The fourth-order valence-electron chi connectivity index (χ4n) is 3.26. The predicted octanol–water partition coefficient (Wildman–Crippen LogP) is 10.8. The lowest BCUT2D eigenvalue weighted by atomic mass is 10.0. The number of aryl methyl sites for hydroxylation is 1. The van der Waals surface area contributed by atoms with Crippen molar-refractivity contribution in [3.63, 3.8) is 0 Å². The monoisotopic (exact) mass is 548 g/mol. The van der Waals surface area contributed by atoms with Crippen LogP contribution in [0.5, 0.6) is 11.5 Å². The van der Waals surface area contributed by atoms with Crippen LogP contribution in [0.15, 0.2) is 58.7 Å². The maximum Gasteiger partial charge on any atom is 0.143 e. The van der Waals surface area contributed by atoms with E-state index in [2.05, 4.69) is 63.7 Å². The van der Waals surface area contributed by atoms with Gasteiger partial charge in [-0.1, -0.05) is 88.1 Å². The Morgan fingerprint density at radius 2 is 1.08 bits per heavy atom. The van der Waals surface area contributed by atoms with E-state index in [4.69, 9.17) is 5.11 Å². The molecule has 1 rings (SSSR count). The summed E-state index contributed by atoms with van der Waals surface area (Å²) in [7, 11) is 1.43. The lowest BCUT2D eigenvalue weighted by Crippen LogP contribution is -1.88. The summed E-state index contributed by atoms with van der Waals surface area (Å²) in [5, 5.41) is 27.5. The van der Waals surface area contributed by atoms with Gasteiger partial charge in [-0.2, -0.15) is 0 Å². The van der Waals surface area contributed by atoms with Crippen LogP contribution in [0.4, 0.5) is 0 Å². The van der Waals surface area contributed by atoms with Crippen molar-refractivity contribution in [2.75, 3.05) is 13.9 Å². The summed E-state index contributed by atoms with van der Waals surface area (Å²) in [4.78, 5) is 0. The van der Waals surface area contributed by atoms with Crippen molar-refractivity contribution >= 4 is 0 Å². The topological polar surface area (TPSA) is 69.9 Å². The number of aliphatic hydroxyl groups excluding tert-OH is 1. The van der Waals surface area contributed by atoms with Gasteiger partial charge in [-0.05, 0) is 104 Å². The molecule has 228 valence electrons. The van der Waals surface area contributed by atoms with Gasteiger partial charge in [-0.15, -0.1) is 0 Å². The number of phenolic OH excluding ortho intramolecular Hbond substituents is 2. The molecule has 0 aliphatic carbocycles. The Morgan fingerprint density at radius 1 is 0.692 bits per heavy atom. The van der Waals surface area contributed by atoms with E-state index in [1.165, 1.54) is 29.4 Å².